The van der Waals surface area contributed by atoms with Crippen LogP contribution in [0, 0.1) is 0 Å². The number of benzene rings is 2. The Labute approximate surface area is 119 Å². The van der Waals surface area contributed by atoms with E-state index in [4.69, 9.17) is 10.8 Å². The van der Waals surface area contributed by atoms with Crippen molar-refractivity contribution >= 4 is 23.3 Å². The van der Waals surface area contributed by atoms with Crippen LogP contribution in [0.3, 0.4) is 0 Å². The lowest BCUT2D eigenvalue weighted by Gasteiger charge is -2.10. The summed E-state index contributed by atoms with van der Waals surface area (Å²) in [4.78, 5) is 23.1. The average Bonchev–Trinajstić information content (AvgIpc) is 2.41. The van der Waals surface area contributed by atoms with Gasteiger partial charge in [0.2, 0.25) is 0 Å². The van der Waals surface area contributed by atoms with Gasteiger partial charge in [-0.3, -0.25) is 4.79 Å². The average molecular weight is 288 g/mol. The van der Waals surface area contributed by atoms with Crippen LogP contribution in [0.25, 0.3) is 0 Å². The molecule has 0 saturated carbocycles. The van der Waals surface area contributed by atoms with Crippen molar-refractivity contribution in [3.63, 3.8) is 0 Å². The van der Waals surface area contributed by atoms with E-state index in [0.29, 0.717) is 0 Å². The summed E-state index contributed by atoms with van der Waals surface area (Å²) in [5, 5.41) is 30.3. The summed E-state index contributed by atoms with van der Waals surface area (Å²) in [6.07, 6.45) is 0. The molecule has 0 heterocycles. The summed E-state index contributed by atoms with van der Waals surface area (Å²) in [6.45, 7) is 0. The number of phenolic OH excluding ortho intramolecular Hbond substituents is 2. The lowest BCUT2D eigenvalue weighted by Crippen LogP contribution is -2.15. The number of carbonyl (C=O) groups is 2. The zero-order valence-corrected chi connectivity index (χ0v) is 10.7. The summed E-state index contributed by atoms with van der Waals surface area (Å²) in [6, 6.07) is 7.39. The maximum atomic E-state index is 12.1. The Hall–Kier alpha value is -3.22. The molecule has 7 nitrogen and oxygen atoms in total. The number of carbonyl (C=O) groups excluding carboxylic acids is 1. The van der Waals surface area contributed by atoms with E-state index in [-0.39, 0.29) is 34.0 Å². The number of nitrogens with one attached hydrogen (secondary N) is 1. The van der Waals surface area contributed by atoms with Crippen molar-refractivity contribution in [2.75, 3.05) is 11.1 Å². The molecule has 0 radical (unpaired) electrons. The van der Waals surface area contributed by atoms with E-state index in [2.05, 4.69) is 5.32 Å². The standard InChI is InChI=1S/C14H12N2O5/c15-7-1-3-9(14(20)21)11(5-7)16-13(19)10-6-8(17)2-4-12(10)18/h1-6,17-18H,15H2,(H,16,19)(H,20,21). The van der Waals surface area contributed by atoms with Gasteiger partial charge in [0, 0.05) is 5.69 Å². The molecule has 0 saturated heterocycles. The van der Waals surface area contributed by atoms with Crippen LogP contribution in [0.4, 0.5) is 11.4 Å². The highest BCUT2D eigenvalue weighted by Crippen LogP contribution is 2.25. The number of nitrogens with two attached hydrogens (primary N) is 1. The van der Waals surface area contributed by atoms with Gasteiger partial charge in [-0.25, -0.2) is 4.79 Å². The van der Waals surface area contributed by atoms with Gasteiger partial charge < -0.3 is 26.4 Å². The Morgan fingerprint density at radius 1 is 1.00 bits per heavy atom. The molecule has 0 bridgehead atoms. The third kappa shape index (κ3) is 3.03. The third-order valence-electron chi connectivity index (χ3n) is 2.75. The number of phenols is 2. The van der Waals surface area contributed by atoms with Crippen LogP contribution in [-0.4, -0.2) is 27.2 Å². The predicted molar refractivity (Wildman–Crippen MR) is 75.5 cm³/mol. The Bertz CT molecular complexity index is 727. The molecular formula is C14H12N2O5. The van der Waals surface area contributed by atoms with Crippen LogP contribution in [-0.2, 0) is 0 Å². The molecule has 21 heavy (non-hydrogen) atoms. The number of carboxylic acids is 1. The number of hydrogen-bond donors (Lipinski definition) is 5. The van der Waals surface area contributed by atoms with Gasteiger partial charge in [0.15, 0.2) is 0 Å². The molecule has 0 fully saturated rings. The smallest absolute Gasteiger partial charge is 0.337 e. The van der Waals surface area contributed by atoms with Gasteiger partial charge in [-0.2, -0.15) is 0 Å². The number of carboxylic acid groups (broad SMARTS) is 1. The molecule has 0 atom stereocenters. The van der Waals surface area contributed by atoms with Crippen molar-refractivity contribution in [2.24, 2.45) is 0 Å². The third-order valence-corrected chi connectivity index (χ3v) is 2.75. The number of aromatic hydroxyl groups is 2. The fraction of sp³-hybridized carbons (Fsp3) is 0. The number of hydrogen-bond acceptors (Lipinski definition) is 5. The largest absolute Gasteiger partial charge is 0.508 e. The van der Waals surface area contributed by atoms with Crippen molar-refractivity contribution < 1.29 is 24.9 Å². The van der Waals surface area contributed by atoms with E-state index in [1.165, 1.54) is 24.3 Å². The number of amides is 1. The minimum absolute atomic E-state index is 0.00440. The molecular weight excluding hydrogens is 276 g/mol. The maximum absolute atomic E-state index is 12.1. The fourth-order valence-corrected chi connectivity index (χ4v) is 1.75. The van der Waals surface area contributed by atoms with E-state index >= 15 is 0 Å². The van der Waals surface area contributed by atoms with Crippen LogP contribution >= 0.6 is 0 Å². The van der Waals surface area contributed by atoms with Crippen LogP contribution in [0.15, 0.2) is 36.4 Å². The molecule has 2 aromatic carbocycles. The van der Waals surface area contributed by atoms with Gasteiger partial charge in [0.1, 0.15) is 11.5 Å². The molecule has 0 unspecified atom stereocenters. The summed E-state index contributed by atoms with van der Waals surface area (Å²) < 4.78 is 0. The van der Waals surface area contributed by atoms with E-state index in [0.717, 1.165) is 12.1 Å². The second-order valence-corrected chi connectivity index (χ2v) is 4.27. The monoisotopic (exact) mass is 288 g/mol. The van der Waals surface area contributed by atoms with E-state index in [1.807, 2.05) is 0 Å². The summed E-state index contributed by atoms with van der Waals surface area (Å²) >= 11 is 0. The van der Waals surface area contributed by atoms with Gasteiger partial charge in [-0.05, 0) is 36.4 Å². The van der Waals surface area contributed by atoms with Gasteiger partial charge >= 0.3 is 5.97 Å². The SMILES string of the molecule is Nc1ccc(C(=O)O)c(NC(=O)c2cc(O)ccc2O)c1. The summed E-state index contributed by atoms with van der Waals surface area (Å²) in [5.74, 6) is -2.54. The molecule has 7 heteroatoms. The quantitative estimate of drug-likeness (QED) is 0.430. The predicted octanol–water partition coefficient (Wildman–Crippen LogP) is 1.63. The van der Waals surface area contributed by atoms with Gasteiger partial charge in [-0.15, -0.1) is 0 Å². The van der Waals surface area contributed by atoms with Crippen molar-refractivity contribution in [1.82, 2.24) is 0 Å². The lowest BCUT2D eigenvalue weighted by molar-refractivity contribution is 0.0698. The second-order valence-electron chi connectivity index (χ2n) is 4.27. The summed E-state index contributed by atoms with van der Waals surface area (Å²) in [5.41, 5.74) is 5.50. The highest BCUT2D eigenvalue weighted by molar-refractivity contribution is 6.09. The molecule has 108 valence electrons. The molecule has 2 rings (SSSR count). The van der Waals surface area contributed by atoms with E-state index in [9.17, 15) is 19.8 Å². The summed E-state index contributed by atoms with van der Waals surface area (Å²) in [7, 11) is 0. The van der Waals surface area contributed by atoms with E-state index < -0.39 is 11.9 Å². The molecule has 6 N–H and O–H groups in total. The molecule has 0 aliphatic carbocycles. The minimum Gasteiger partial charge on any atom is -0.508 e. The Morgan fingerprint density at radius 3 is 2.38 bits per heavy atom. The molecule has 2 aromatic rings. The molecule has 0 spiro atoms. The van der Waals surface area contributed by atoms with Gasteiger partial charge in [0.05, 0.1) is 16.8 Å². The second kappa shape index (κ2) is 5.41. The minimum atomic E-state index is -1.23. The molecule has 0 aromatic heterocycles. The first-order valence-electron chi connectivity index (χ1n) is 5.84. The van der Waals surface area contributed by atoms with Crippen LogP contribution in [0.5, 0.6) is 11.5 Å². The Morgan fingerprint density at radius 2 is 1.71 bits per heavy atom. The zero-order valence-electron chi connectivity index (χ0n) is 10.7. The Balaban J connectivity index is 2.38. The first-order valence-corrected chi connectivity index (χ1v) is 5.84. The lowest BCUT2D eigenvalue weighted by atomic mass is 10.1. The van der Waals surface area contributed by atoms with Crippen molar-refractivity contribution in [1.29, 1.82) is 0 Å². The van der Waals surface area contributed by atoms with Gasteiger partial charge in [-0.1, -0.05) is 0 Å². The van der Waals surface area contributed by atoms with Crippen LogP contribution in [0.2, 0.25) is 0 Å². The number of nitrogen functional groups attached to an aromatic ring is 1. The van der Waals surface area contributed by atoms with Crippen LogP contribution in [0.1, 0.15) is 20.7 Å². The van der Waals surface area contributed by atoms with Crippen molar-refractivity contribution in [3.05, 3.63) is 47.5 Å². The highest BCUT2D eigenvalue weighted by atomic mass is 16.4. The first kappa shape index (κ1) is 14.2. The number of anilines is 2. The van der Waals surface area contributed by atoms with Crippen molar-refractivity contribution in [2.45, 2.75) is 0 Å². The zero-order chi connectivity index (χ0) is 15.6. The van der Waals surface area contributed by atoms with E-state index in [1.54, 1.807) is 0 Å². The number of aromatic carboxylic acids is 1. The number of rotatable bonds is 3. The van der Waals surface area contributed by atoms with Crippen molar-refractivity contribution in [3.8, 4) is 11.5 Å². The topological polar surface area (TPSA) is 133 Å². The normalized spacial score (nSPS) is 10.1. The fourth-order valence-electron chi connectivity index (χ4n) is 1.75. The highest BCUT2D eigenvalue weighted by Gasteiger charge is 2.16. The Kier molecular flexibility index (Phi) is 3.66. The van der Waals surface area contributed by atoms with Gasteiger partial charge in [0.25, 0.3) is 5.91 Å². The molecule has 0 aliphatic rings. The van der Waals surface area contributed by atoms with Crippen LogP contribution < -0.4 is 11.1 Å². The molecule has 1 amide bonds. The first-order chi connectivity index (χ1) is 9.88. The molecule has 0 aliphatic heterocycles. The maximum Gasteiger partial charge on any atom is 0.337 e.